The minimum Gasteiger partial charge on any atom is -0.482 e. The average Bonchev–Trinajstić information content (AvgIpc) is 3.18. The topological polar surface area (TPSA) is 126 Å². The van der Waals surface area contributed by atoms with Gasteiger partial charge in [-0.3, -0.25) is 4.52 Å². The summed E-state index contributed by atoms with van der Waals surface area (Å²) in [6, 6.07) is 8.03. The van der Waals surface area contributed by atoms with Crippen LogP contribution < -0.4 is 4.74 Å². The van der Waals surface area contributed by atoms with Crippen molar-refractivity contribution in [3.05, 3.63) is 29.3 Å². The first-order valence-electron chi connectivity index (χ1n) is 14.0. The van der Waals surface area contributed by atoms with Crippen LogP contribution in [0, 0.1) is 40.9 Å². The van der Waals surface area contributed by atoms with Crippen LogP contribution in [-0.4, -0.2) is 36.1 Å². The number of rotatable bonds is 13. The number of methoxy groups -OCH3 is 1. The van der Waals surface area contributed by atoms with E-state index in [2.05, 4.69) is 37.4 Å². The number of carbonyl (C=O) groups is 1. The van der Waals surface area contributed by atoms with Gasteiger partial charge in [-0.1, -0.05) is 65.0 Å². The third-order valence-corrected chi connectivity index (χ3v) is 8.57. The highest BCUT2D eigenvalue weighted by molar-refractivity contribution is 7.46. The summed E-state index contributed by atoms with van der Waals surface area (Å²) in [5, 5.41) is 7.88. The van der Waals surface area contributed by atoms with E-state index in [1.54, 1.807) is 6.07 Å². The molecule has 1 aromatic carbocycles. The van der Waals surface area contributed by atoms with Crippen molar-refractivity contribution in [1.82, 2.24) is 0 Å². The Bertz CT molecular complexity index is 957. The maximum Gasteiger partial charge on any atom is 0.469 e. The molecule has 1 fully saturated rings. The lowest BCUT2D eigenvalue weighted by Gasteiger charge is -2.33. The van der Waals surface area contributed by atoms with E-state index in [-0.39, 0.29) is 25.6 Å². The number of esters is 1. The number of fused-ring (bicyclic) bond motifs is 2. The Kier molecular flexibility index (Phi) is 13.8. The van der Waals surface area contributed by atoms with E-state index in [1.165, 1.54) is 69.6 Å². The molecule has 1 saturated carbocycles. The van der Waals surface area contributed by atoms with Crippen LogP contribution in [0.1, 0.15) is 83.3 Å². The van der Waals surface area contributed by atoms with Gasteiger partial charge in [-0.05, 0) is 72.5 Å². The maximum atomic E-state index is 11.5. The Morgan fingerprint density at radius 1 is 1.24 bits per heavy atom. The lowest BCUT2D eigenvalue weighted by molar-refractivity contribution is -0.142. The number of unbranched alkanes of at least 4 members (excludes halogenated alkanes) is 2. The number of nitrogens with zero attached hydrogens (tertiary/aromatic N) is 1. The molecule has 0 saturated heterocycles. The lowest BCUT2D eigenvalue weighted by Crippen LogP contribution is -2.26. The highest BCUT2D eigenvalue weighted by atomic mass is 31.2. The van der Waals surface area contributed by atoms with E-state index < -0.39 is 7.82 Å². The van der Waals surface area contributed by atoms with E-state index in [9.17, 15) is 9.36 Å². The van der Waals surface area contributed by atoms with Crippen LogP contribution in [0.4, 0.5) is 0 Å². The molecule has 1 aromatic rings. The normalized spacial score (nSPS) is 22.8. The van der Waals surface area contributed by atoms with Gasteiger partial charge in [0.2, 0.25) is 0 Å². The molecule has 214 valence electrons. The molecule has 8 nitrogen and oxygen atoms in total. The molecular weight excluding hydrogens is 505 g/mol. The van der Waals surface area contributed by atoms with E-state index in [0.717, 1.165) is 41.8 Å². The van der Waals surface area contributed by atoms with Crippen molar-refractivity contribution in [3.63, 3.8) is 0 Å². The van der Waals surface area contributed by atoms with Gasteiger partial charge < -0.3 is 19.3 Å². The molecule has 0 aromatic heterocycles. The zero-order chi connectivity index (χ0) is 28.1. The summed E-state index contributed by atoms with van der Waals surface area (Å²) in [5.74, 6) is 4.69. The molecule has 3 rings (SSSR count). The van der Waals surface area contributed by atoms with Crippen molar-refractivity contribution in [2.24, 2.45) is 29.6 Å². The second kappa shape index (κ2) is 16.3. The number of phosphoric ester groups is 1. The van der Waals surface area contributed by atoms with Gasteiger partial charge in [0, 0.05) is 0 Å². The van der Waals surface area contributed by atoms with Crippen LogP contribution in [0.2, 0.25) is 0 Å². The second-order valence-electron chi connectivity index (χ2n) is 10.9. The smallest absolute Gasteiger partial charge is 0.469 e. The third-order valence-electron chi connectivity index (χ3n) is 8.05. The number of nitriles is 1. The number of benzene rings is 1. The fourth-order valence-electron chi connectivity index (χ4n) is 6.11. The van der Waals surface area contributed by atoms with Gasteiger partial charge in [0.25, 0.3) is 0 Å². The first-order valence-corrected chi connectivity index (χ1v) is 15.5. The summed E-state index contributed by atoms with van der Waals surface area (Å²) >= 11 is 0. The van der Waals surface area contributed by atoms with Gasteiger partial charge in [-0.25, -0.2) is 9.36 Å². The van der Waals surface area contributed by atoms with E-state index in [4.69, 9.17) is 24.5 Å². The predicted octanol–water partition coefficient (Wildman–Crippen LogP) is 6.23. The Hall–Kier alpha value is -1.91. The zero-order valence-electron chi connectivity index (χ0n) is 23.4. The summed E-state index contributed by atoms with van der Waals surface area (Å²) in [6.45, 7) is 6.99. The van der Waals surface area contributed by atoms with Crippen molar-refractivity contribution >= 4 is 13.8 Å². The minimum atomic E-state index is -4.35. The Morgan fingerprint density at radius 3 is 2.66 bits per heavy atom. The van der Waals surface area contributed by atoms with Crippen LogP contribution in [-0.2, 0) is 31.5 Å². The molecule has 2 aliphatic rings. The van der Waals surface area contributed by atoms with Crippen molar-refractivity contribution in [1.29, 1.82) is 5.26 Å². The van der Waals surface area contributed by atoms with Gasteiger partial charge in [0.15, 0.2) is 6.61 Å². The van der Waals surface area contributed by atoms with Crippen molar-refractivity contribution in [3.8, 4) is 11.8 Å². The van der Waals surface area contributed by atoms with Gasteiger partial charge >= 0.3 is 13.8 Å². The van der Waals surface area contributed by atoms with Gasteiger partial charge in [-0.15, -0.1) is 0 Å². The quantitative estimate of drug-likeness (QED) is 0.168. The summed E-state index contributed by atoms with van der Waals surface area (Å²) in [7, 11) is -2.94. The van der Waals surface area contributed by atoms with E-state index in [1.807, 2.05) is 6.07 Å². The molecule has 0 heterocycles. The summed E-state index contributed by atoms with van der Waals surface area (Å²) in [5.41, 5.74) is 2.77. The number of ether oxygens (including phenoxy) is 2. The molecule has 0 bridgehead atoms. The van der Waals surface area contributed by atoms with E-state index in [0.29, 0.717) is 0 Å². The number of phosphoric acid groups is 1. The van der Waals surface area contributed by atoms with Crippen LogP contribution in [0.25, 0.3) is 0 Å². The molecule has 0 spiro atoms. The number of hydrogen-bond acceptors (Lipinski definition) is 6. The molecule has 0 unspecified atom stereocenters. The molecule has 9 heteroatoms. The van der Waals surface area contributed by atoms with Crippen LogP contribution in [0.3, 0.4) is 0 Å². The van der Waals surface area contributed by atoms with Crippen LogP contribution in [0.15, 0.2) is 18.2 Å². The highest BCUT2D eigenvalue weighted by Gasteiger charge is 2.43. The molecule has 0 aliphatic heterocycles. The average molecular weight is 552 g/mol. The van der Waals surface area contributed by atoms with Crippen molar-refractivity contribution in [2.45, 2.75) is 85.0 Å². The molecule has 2 aliphatic carbocycles. The molecule has 0 radical (unpaired) electrons. The fourth-order valence-corrected chi connectivity index (χ4v) is 6.43. The highest BCUT2D eigenvalue weighted by Crippen LogP contribution is 2.51. The first kappa shape index (κ1) is 32.3. The predicted molar refractivity (Wildman–Crippen MR) is 146 cm³/mol. The monoisotopic (exact) mass is 551 g/mol. The Labute approximate surface area is 228 Å². The van der Waals surface area contributed by atoms with E-state index >= 15 is 0 Å². The second-order valence-corrected chi connectivity index (χ2v) is 12.1. The molecule has 38 heavy (non-hydrogen) atoms. The molecular formula is C29H46NO7P. The van der Waals surface area contributed by atoms with Crippen LogP contribution in [0.5, 0.6) is 5.75 Å². The maximum absolute atomic E-state index is 11.5. The third kappa shape index (κ3) is 10.7. The van der Waals surface area contributed by atoms with Crippen LogP contribution >= 0.6 is 7.82 Å². The molecule has 0 amide bonds. The Balaban J connectivity index is 0.000000484. The standard InChI is InChI=1S/C26H40O3.C3H6NO4P/c1-5-6-7-9-18(2)12-13-22-19(3)14-21-16-24-20(15-23(21)22)10-8-11-25(24)29-17-26(27)28-4;4-2-1-3-8-9(5,6)7/h8,10-11,18-19,21-23H,5-7,9,12-17H2,1-4H3;1,3H2,(H2,5,6,7)/t18-,19+,21+,22-,23-;/m0./s1. The number of hydrogen-bond donors (Lipinski definition) is 2. The summed E-state index contributed by atoms with van der Waals surface area (Å²) in [4.78, 5) is 27.5. The first-order chi connectivity index (χ1) is 18.1. The van der Waals surface area contributed by atoms with Gasteiger partial charge in [0.1, 0.15) is 5.75 Å². The largest absolute Gasteiger partial charge is 0.482 e. The zero-order valence-corrected chi connectivity index (χ0v) is 24.3. The van der Waals surface area contributed by atoms with Crippen molar-refractivity contribution in [2.75, 3.05) is 20.3 Å². The summed E-state index contributed by atoms with van der Waals surface area (Å²) in [6.07, 6.45) is 11.9. The fraction of sp³-hybridized carbons (Fsp3) is 0.724. The SMILES string of the molecule is CCCCC[C@H](C)CC[C@@H]1[C@H]2Cc3cccc(OCC(=O)OC)c3C[C@H]2C[C@H]1C.N#CCCOP(=O)(O)O. The van der Waals surface area contributed by atoms with Gasteiger partial charge in [-0.2, -0.15) is 5.26 Å². The lowest BCUT2D eigenvalue weighted by atomic mass is 9.73. The number of carbonyl (C=O) groups excluding carboxylic acids is 1. The van der Waals surface area contributed by atoms with Crippen molar-refractivity contribution < 1.29 is 33.1 Å². The molecule has 2 N–H and O–H groups in total. The minimum absolute atomic E-state index is 0.00397. The molecule has 5 atom stereocenters. The summed E-state index contributed by atoms with van der Waals surface area (Å²) < 4.78 is 24.3. The Morgan fingerprint density at radius 2 is 2.00 bits per heavy atom. The van der Waals surface area contributed by atoms with Gasteiger partial charge in [0.05, 0.1) is 26.2 Å².